The third kappa shape index (κ3) is 2.66. The maximum atomic E-state index is 13.0. The summed E-state index contributed by atoms with van der Waals surface area (Å²) in [5.74, 6) is 1.03. The van der Waals surface area contributed by atoms with E-state index in [1.54, 1.807) is 4.52 Å². The van der Waals surface area contributed by atoms with Crippen LogP contribution in [0, 0.1) is 13.8 Å². The third-order valence-electron chi connectivity index (χ3n) is 4.76. The molecule has 0 bridgehead atoms. The van der Waals surface area contributed by atoms with Crippen molar-refractivity contribution in [2.24, 2.45) is 0 Å². The average molecular weight is 387 g/mol. The summed E-state index contributed by atoms with van der Waals surface area (Å²) < 4.78 is 1.73. The summed E-state index contributed by atoms with van der Waals surface area (Å²) in [4.78, 5) is 25.6. The van der Waals surface area contributed by atoms with Gasteiger partial charge < -0.3 is 4.98 Å². The number of benzene rings is 2. The molecule has 0 unspecified atom stereocenters. The van der Waals surface area contributed by atoms with Gasteiger partial charge in [0.1, 0.15) is 5.82 Å². The van der Waals surface area contributed by atoms with Gasteiger partial charge in [-0.05, 0) is 32.0 Å². The number of hydrogen-bond donors (Lipinski definition) is 1. The fourth-order valence-electron chi connectivity index (χ4n) is 3.57. The van der Waals surface area contributed by atoms with Crippen LogP contribution in [-0.4, -0.2) is 36.1 Å². The standard InChI is InChI=1S/C21H17N5OS/c1-12-19(14-7-3-5-9-16(14)22-12)18(27)11-28-21-24-17-10-6-4-8-15(17)20-23-13(2)25-26(20)21/h3-10,22H,11H2,1-2H3. The van der Waals surface area contributed by atoms with Crippen LogP contribution in [0.1, 0.15) is 21.9 Å². The second-order valence-corrected chi connectivity index (χ2v) is 7.63. The summed E-state index contributed by atoms with van der Waals surface area (Å²) in [6.07, 6.45) is 0. The number of ketones is 1. The Bertz CT molecular complexity index is 1370. The Labute approximate surface area is 165 Å². The van der Waals surface area contributed by atoms with E-state index in [9.17, 15) is 4.79 Å². The summed E-state index contributed by atoms with van der Waals surface area (Å²) >= 11 is 1.39. The Balaban J connectivity index is 1.53. The topological polar surface area (TPSA) is 75.9 Å². The van der Waals surface area contributed by atoms with Crippen molar-refractivity contribution in [3.63, 3.8) is 0 Å². The first-order valence-corrected chi connectivity index (χ1v) is 9.96. The first-order chi connectivity index (χ1) is 13.6. The molecule has 7 heteroatoms. The van der Waals surface area contributed by atoms with Crippen molar-refractivity contribution >= 4 is 45.0 Å². The summed E-state index contributed by atoms with van der Waals surface area (Å²) in [6.45, 7) is 3.79. The quantitative estimate of drug-likeness (QED) is 0.282. The number of Topliss-reactive ketones (excluding diaryl/α,β-unsaturated/α-hetero) is 1. The molecule has 6 nitrogen and oxygen atoms in total. The normalized spacial score (nSPS) is 11.6. The van der Waals surface area contributed by atoms with Crippen molar-refractivity contribution in [2.75, 3.05) is 5.75 Å². The molecule has 5 aromatic rings. The number of carbonyl (C=O) groups excluding carboxylic acids is 1. The minimum absolute atomic E-state index is 0.0693. The van der Waals surface area contributed by atoms with Crippen LogP contribution in [0.15, 0.2) is 53.7 Å². The minimum atomic E-state index is 0.0693. The smallest absolute Gasteiger partial charge is 0.192 e. The van der Waals surface area contributed by atoms with Gasteiger partial charge in [-0.15, -0.1) is 5.10 Å². The lowest BCUT2D eigenvalue weighted by Crippen LogP contribution is -2.06. The molecular weight excluding hydrogens is 370 g/mol. The molecule has 1 N–H and O–H groups in total. The van der Waals surface area contributed by atoms with Gasteiger partial charge >= 0.3 is 0 Å². The van der Waals surface area contributed by atoms with Gasteiger partial charge in [-0.3, -0.25) is 4.79 Å². The summed E-state index contributed by atoms with van der Waals surface area (Å²) in [5.41, 5.74) is 4.23. The van der Waals surface area contributed by atoms with Crippen LogP contribution < -0.4 is 0 Å². The minimum Gasteiger partial charge on any atom is -0.358 e. The number of carbonyl (C=O) groups is 1. The van der Waals surface area contributed by atoms with Crippen LogP contribution in [0.2, 0.25) is 0 Å². The Morgan fingerprint density at radius 2 is 1.79 bits per heavy atom. The van der Waals surface area contributed by atoms with E-state index in [-0.39, 0.29) is 11.5 Å². The van der Waals surface area contributed by atoms with E-state index in [1.807, 2.05) is 62.4 Å². The zero-order chi connectivity index (χ0) is 19.3. The van der Waals surface area contributed by atoms with E-state index in [2.05, 4.69) is 15.1 Å². The molecule has 3 heterocycles. The first kappa shape index (κ1) is 16.9. The van der Waals surface area contributed by atoms with Crippen molar-refractivity contribution in [1.82, 2.24) is 24.6 Å². The fraction of sp³-hybridized carbons (Fsp3) is 0.143. The van der Waals surface area contributed by atoms with Crippen LogP contribution in [0.4, 0.5) is 0 Å². The van der Waals surface area contributed by atoms with E-state index in [1.165, 1.54) is 11.8 Å². The zero-order valence-corrected chi connectivity index (χ0v) is 16.2. The van der Waals surface area contributed by atoms with E-state index in [0.29, 0.717) is 11.0 Å². The maximum absolute atomic E-state index is 13.0. The van der Waals surface area contributed by atoms with Crippen LogP contribution >= 0.6 is 11.8 Å². The Morgan fingerprint density at radius 3 is 2.64 bits per heavy atom. The van der Waals surface area contributed by atoms with Crippen LogP contribution in [0.5, 0.6) is 0 Å². The van der Waals surface area contributed by atoms with Gasteiger partial charge in [0.15, 0.2) is 16.6 Å². The molecule has 0 spiro atoms. The molecular formula is C21H17N5OS. The van der Waals surface area contributed by atoms with Crippen molar-refractivity contribution < 1.29 is 4.79 Å². The highest BCUT2D eigenvalue weighted by molar-refractivity contribution is 7.99. The molecule has 0 amide bonds. The number of aromatic nitrogens is 5. The number of H-pyrrole nitrogens is 1. The lowest BCUT2D eigenvalue weighted by atomic mass is 10.1. The van der Waals surface area contributed by atoms with E-state index >= 15 is 0 Å². The summed E-state index contributed by atoms with van der Waals surface area (Å²) in [6, 6.07) is 15.7. The molecule has 28 heavy (non-hydrogen) atoms. The highest BCUT2D eigenvalue weighted by Gasteiger charge is 2.18. The maximum Gasteiger partial charge on any atom is 0.192 e. The SMILES string of the molecule is Cc1nc2c3ccccc3nc(SCC(=O)c3c(C)[nH]c4ccccc34)n2n1. The van der Waals surface area contributed by atoms with Gasteiger partial charge in [-0.1, -0.05) is 42.1 Å². The van der Waals surface area contributed by atoms with Crippen LogP contribution in [-0.2, 0) is 0 Å². The van der Waals surface area contributed by atoms with E-state index < -0.39 is 0 Å². The number of rotatable bonds is 4. The van der Waals surface area contributed by atoms with Gasteiger partial charge in [-0.25, -0.2) is 9.97 Å². The molecule has 5 rings (SSSR count). The molecule has 0 atom stereocenters. The third-order valence-corrected chi connectivity index (χ3v) is 5.69. The highest BCUT2D eigenvalue weighted by Crippen LogP contribution is 2.27. The van der Waals surface area contributed by atoms with Gasteiger partial charge in [-0.2, -0.15) is 4.52 Å². The Morgan fingerprint density at radius 1 is 1.04 bits per heavy atom. The zero-order valence-electron chi connectivity index (χ0n) is 15.4. The second kappa shape index (κ2) is 6.45. The van der Waals surface area contributed by atoms with E-state index in [4.69, 9.17) is 4.98 Å². The molecule has 138 valence electrons. The molecule has 0 radical (unpaired) electrons. The van der Waals surface area contributed by atoms with Crippen molar-refractivity contribution in [3.8, 4) is 0 Å². The molecule has 0 aliphatic heterocycles. The molecule has 0 saturated carbocycles. The Kier molecular flexibility index (Phi) is 3.91. The van der Waals surface area contributed by atoms with Crippen LogP contribution in [0.25, 0.3) is 27.5 Å². The van der Waals surface area contributed by atoms with Crippen LogP contribution in [0.3, 0.4) is 0 Å². The van der Waals surface area contributed by atoms with Crippen molar-refractivity contribution in [1.29, 1.82) is 0 Å². The number of aryl methyl sites for hydroxylation is 2. The lowest BCUT2D eigenvalue weighted by Gasteiger charge is -2.06. The van der Waals surface area contributed by atoms with Gasteiger partial charge in [0.05, 0.1) is 11.3 Å². The molecule has 0 fully saturated rings. The lowest BCUT2D eigenvalue weighted by molar-refractivity contribution is 0.102. The van der Waals surface area contributed by atoms with Crippen molar-refractivity contribution in [3.05, 3.63) is 65.6 Å². The number of aromatic amines is 1. The molecule has 0 aliphatic rings. The number of nitrogens with one attached hydrogen (secondary N) is 1. The number of fused-ring (bicyclic) bond motifs is 4. The molecule has 0 saturated heterocycles. The summed E-state index contributed by atoms with van der Waals surface area (Å²) in [7, 11) is 0. The summed E-state index contributed by atoms with van der Waals surface area (Å²) in [5, 5.41) is 7.05. The predicted octanol–water partition coefficient (Wildman–Crippen LogP) is 4.35. The largest absolute Gasteiger partial charge is 0.358 e. The Hall–Kier alpha value is -3.19. The molecule has 0 aliphatic carbocycles. The first-order valence-electron chi connectivity index (χ1n) is 8.97. The average Bonchev–Trinajstić information content (AvgIpc) is 3.25. The van der Waals surface area contributed by atoms with E-state index in [0.717, 1.165) is 38.7 Å². The number of thioether (sulfide) groups is 1. The van der Waals surface area contributed by atoms with Gasteiger partial charge in [0, 0.05) is 27.5 Å². The second-order valence-electron chi connectivity index (χ2n) is 6.69. The van der Waals surface area contributed by atoms with Gasteiger partial charge in [0.2, 0.25) is 0 Å². The highest BCUT2D eigenvalue weighted by atomic mass is 32.2. The number of hydrogen-bond acceptors (Lipinski definition) is 5. The van der Waals surface area contributed by atoms with Gasteiger partial charge in [0.25, 0.3) is 0 Å². The fourth-order valence-corrected chi connectivity index (χ4v) is 4.38. The molecule has 3 aromatic heterocycles. The van der Waals surface area contributed by atoms with Crippen molar-refractivity contribution in [2.45, 2.75) is 19.0 Å². The number of nitrogens with zero attached hydrogens (tertiary/aromatic N) is 4. The predicted molar refractivity (Wildman–Crippen MR) is 111 cm³/mol. The molecule has 2 aromatic carbocycles. The number of para-hydroxylation sites is 2. The monoisotopic (exact) mass is 387 g/mol.